The lowest BCUT2D eigenvalue weighted by Gasteiger charge is -2.27. The number of nitrogens with zero attached hydrogens (tertiary/aromatic N) is 2. The summed E-state index contributed by atoms with van der Waals surface area (Å²) < 4.78 is 45.2. The molecule has 2 aliphatic heterocycles. The number of aliphatic imine (C=N–C) groups is 1. The van der Waals surface area contributed by atoms with Gasteiger partial charge in [0, 0.05) is 29.0 Å². The Bertz CT molecular complexity index is 860. The minimum atomic E-state index is -4.46. The Morgan fingerprint density at radius 3 is 2.73 bits per heavy atom. The first-order valence-corrected chi connectivity index (χ1v) is 8.16. The summed E-state index contributed by atoms with van der Waals surface area (Å²) in [6.07, 6.45) is -5.34. The van der Waals surface area contributed by atoms with Crippen LogP contribution in [0.3, 0.4) is 0 Å². The van der Waals surface area contributed by atoms with Gasteiger partial charge in [-0.25, -0.2) is 4.99 Å². The van der Waals surface area contributed by atoms with E-state index in [1.54, 1.807) is 6.07 Å². The summed E-state index contributed by atoms with van der Waals surface area (Å²) in [4.78, 5) is 6.32. The van der Waals surface area contributed by atoms with Gasteiger partial charge in [0.25, 0.3) is 0 Å². The number of rotatable bonds is 2. The SMILES string of the molecule is NC1=NC(c2ccccc2C(F)(F)F)Nc2ccc(N3CCOC3)cc21. The van der Waals surface area contributed by atoms with Crippen LogP contribution in [-0.2, 0) is 10.9 Å². The second-order valence-corrected chi connectivity index (χ2v) is 6.18. The molecular formula is C18H17F3N4O. The molecule has 5 nitrogen and oxygen atoms in total. The number of nitrogens with one attached hydrogen (secondary N) is 1. The molecule has 1 saturated heterocycles. The predicted molar refractivity (Wildman–Crippen MR) is 93.1 cm³/mol. The highest BCUT2D eigenvalue weighted by Gasteiger charge is 2.36. The van der Waals surface area contributed by atoms with Crippen LogP contribution in [0, 0.1) is 0 Å². The molecule has 1 fully saturated rings. The van der Waals surface area contributed by atoms with Crippen molar-refractivity contribution in [2.24, 2.45) is 10.7 Å². The number of halogens is 3. The smallest absolute Gasteiger partial charge is 0.383 e. The van der Waals surface area contributed by atoms with Crippen molar-refractivity contribution in [2.45, 2.75) is 12.3 Å². The first-order valence-electron chi connectivity index (χ1n) is 8.16. The quantitative estimate of drug-likeness (QED) is 0.860. The molecule has 0 amide bonds. The number of ether oxygens (including phenoxy) is 1. The van der Waals surface area contributed by atoms with Crippen LogP contribution in [0.15, 0.2) is 47.5 Å². The highest BCUT2D eigenvalue weighted by molar-refractivity contribution is 6.04. The minimum Gasteiger partial charge on any atom is -0.383 e. The number of benzene rings is 2. The fraction of sp³-hybridized carbons (Fsp3) is 0.278. The van der Waals surface area contributed by atoms with Crippen LogP contribution in [0.5, 0.6) is 0 Å². The zero-order valence-electron chi connectivity index (χ0n) is 13.8. The summed E-state index contributed by atoms with van der Waals surface area (Å²) in [5, 5.41) is 3.06. The maximum absolute atomic E-state index is 13.3. The van der Waals surface area contributed by atoms with E-state index in [1.165, 1.54) is 12.1 Å². The molecule has 0 aromatic heterocycles. The number of anilines is 2. The average Bonchev–Trinajstić information content (AvgIpc) is 3.15. The van der Waals surface area contributed by atoms with E-state index in [2.05, 4.69) is 15.2 Å². The summed E-state index contributed by atoms with van der Waals surface area (Å²) in [7, 11) is 0. The summed E-state index contributed by atoms with van der Waals surface area (Å²) in [5.41, 5.74) is 7.68. The van der Waals surface area contributed by atoms with Crippen LogP contribution in [0.25, 0.3) is 0 Å². The minimum absolute atomic E-state index is 0.0469. The van der Waals surface area contributed by atoms with Gasteiger partial charge < -0.3 is 20.7 Å². The zero-order valence-corrected chi connectivity index (χ0v) is 13.8. The summed E-state index contributed by atoms with van der Waals surface area (Å²) in [6, 6.07) is 11.0. The fourth-order valence-electron chi connectivity index (χ4n) is 3.21. The highest BCUT2D eigenvalue weighted by Crippen LogP contribution is 2.38. The van der Waals surface area contributed by atoms with E-state index in [1.807, 2.05) is 18.2 Å². The molecule has 0 saturated carbocycles. The van der Waals surface area contributed by atoms with E-state index in [-0.39, 0.29) is 11.4 Å². The molecule has 2 heterocycles. The van der Waals surface area contributed by atoms with Gasteiger partial charge >= 0.3 is 6.18 Å². The van der Waals surface area contributed by atoms with Gasteiger partial charge in [-0.05, 0) is 24.3 Å². The standard InChI is InChI=1S/C18H17F3N4O/c19-18(20,21)14-4-2-1-3-12(14)17-23-15-6-5-11(25-7-8-26-10-25)9-13(15)16(22)24-17/h1-6,9,17,23H,7-8,10H2,(H2,22,24). The molecular weight excluding hydrogens is 345 g/mol. The molecule has 2 aromatic rings. The van der Waals surface area contributed by atoms with Crippen molar-refractivity contribution in [1.29, 1.82) is 0 Å². The maximum atomic E-state index is 13.3. The molecule has 1 unspecified atom stereocenters. The topological polar surface area (TPSA) is 62.9 Å². The van der Waals surface area contributed by atoms with Crippen LogP contribution in [0.4, 0.5) is 24.5 Å². The van der Waals surface area contributed by atoms with Gasteiger partial charge in [-0.15, -0.1) is 0 Å². The lowest BCUT2D eigenvalue weighted by Crippen LogP contribution is -2.27. The Morgan fingerprint density at radius 1 is 1.19 bits per heavy atom. The molecule has 1 atom stereocenters. The second-order valence-electron chi connectivity index (χ2n) is 6.18. The second kappa shape index (κ2) is 6.21. The van der Waals surface area contributed by atoms with Gasteiger partial charge in [0.05, 0.1) is 12.2 Å². The molecule has 3 N–H and O–H groups in total. The van der Waals surface area contributed by atoms with E-state index in [0.717, 1.165) is 18.3 Å². The lowest BCUT2D eigenvalue weighted by atomic mass is 10.0. The first kappa shape index (κ1) is 16.7. The van der Waals surface area contributed by atoms with Crippen LogP contribution in [-0.4, -0.2) is 25.7 Å². The van der Waals surface area contributed by atoms with Gasteiger partial charge in [0.2, 0.25) is 0 Å². The Labute approximate surface area is 148 Å². The summed E-state index contributed by atoms with van der Waals surface area (Å²) in [5.74, 6) is 0.211. The number of hydrogen-bond donors (Lipinski definition) is 2. The zero-order chi connectivity index (χ0) is 18.3. The van der Waals surface area contributed by atoms with Crippen molar-refractivity contribution in [2.75, 3.05) is 30.1 Å². The van der Waals surface area contributed by atoms with Crippen LogP contribution < -0.4 is 16.0 Å². The maximum Gasteiger partial charge on any atom is 0.416 e. The molecule has 4 rings (SSSR count). The van der Waals surface area contributed by atoms with Gasteiger partial charge in [0.1, 0.15) is 18.7 Å². The number of nitrogens with two attached hydrogens (primary N) is 1. The van der Waals surface area contributed by atoms with Gasteiger partial charge in [0.15, 0.2) is 0 Å². The molecule has 2 aromatic carbocycles. The summed E-state index contributed by atoms with van der Waals surface area (Å²) in [6.45, 7) is 1.95. The van der Waals surface area contributed by atoms with Gasteiger partial charge in [-0.3, -0.25) is 0 Å². The van der Waals surface area contributed by atoms with E-state index in [9.17, 15) is 13.2 Å². The third-order valence-corrected chi connectivity index (χ3v) is 4.52. The average molecular weight is 362 g/mol. The van der Waals surface area contributed by atoms with Crippen LogP contribution in [0.2, 0.25) is 0 Å². The van der Waals surface area contributed by atoms with Crippen LogP contribution >= 0.6 is 0 Å². The number of hydrogen-bond acceptors (Lipinski definition) is 5. The van der Waals surface area contributed by atoms with E-state index in [4.69, 9.17) is 10.5 Å². The fourth-order valence-corrected chi connectivity index (χ4v) is 3.21. The first-order chi connectivity index (χ1) is 12.4. The number of amidine groups is 1. The Kier molecular flexibility index (Phi) is 3.99. The molecule has 26 heavy (non-hydrogen) atoms. The Balaban J connectivity index is 1.69. The largest absolute Gasteiger partial charge is 0.416 e. The van der Waals surface area contributed by atoms with E-state index in [0.29, 0.717) is 24.6 Å². The predicted octanol–water partition coefficient (Wildman–Crippen LogP) is 3.33. The van der Waals surface area contributed by atoms with Crippen molar-refractivity contribution >= 4 is 17.2 Å². The van der Waals surface area contributed by atoms with Crippen molar-refractivity contribution < 1.29 is 17.9 Å². The van der Waals surface area contributed by atoms with Crippen molar-refractivity contribution in [3.8, 4) is 0 Å². The Hall–Kier alpha value is -2.74. The molecule has 2 aliphatic rings. The van der Waals surface area contributed by atoms with Gasteiger partial charge in [-0.2, -0.15) is 13.2 Å². The molecule has 0 radical (unpaired) electrons. The van der Waals surface area contributed by atoms with Crippen molar-refractivity contribution in [1.82, 2.24) is 0 Å². The molecule has 0 aliphatic carbocycles. The monoisotopic (exact) mass is 362 g/mol. The van der Waals surface area contributed by atoms with Crippen molar-refractivity contribution in [3.05, 3.63) is 59.2 Å². The summed E-state index contributed by atoms with van der Waals surface area (Å²) >= 11 is 0. The number of alkyl halides is 3. The molecule has 0 spiro atoms. The normalized spacial score (nSPS) is 19.7. The lowest BCUT2D eigenvalue weighted by molar-refractivity contribution is -0.138. The van der Waals surface area contributed by atoms with Gasteiger partial charge in [-0.1, -0.05) is 18.2 Å². The molecule has 136 valence electrons. The third-order valence-electron chi connectivity index (χ3n) is 4.52. The number of fused-ring (bicyclic) bond motifs is 1. The van der Waals surface area contributed by atoms with E-state index < -0.39 is 17.9 Å². The Morgan fingerprint density at radius 2 is 2.00 bits per heavy atom. The molecule has 8 heteroatoms. The van der Waals surface area contributed by atoms with E-state index >= 15 is 0 Å². The molecule has 0 bridgehead atoms. The van der Waals surface area contributed by atoms with Crippen LogP contribution in [0.1, 0.15) is 22.9 Å². The third kappa shape index (κ3) is 2.96. The van der Waals surface area contributed by atoms with Crippen molar-refractivity contribution in [3.63, 3.8) is 0 Å². The highest BCUT2D eigenvalue weighted by atomic mass is 19.4.